The lowest BCUT2D eigenvalue weighted by molar-refractivity contribution is -0.139. The van der Waals surface area contributed by atoms with Gasteiger partial charge in [-0.05, 0) is 24.6 Å². The summed E-state index contributed by atoms with van der Waals surface area (Å²) in [5.74, 6) is 0.602. The molecule has 0 spiro atoms. The highest BCUT2D eigenvalue weighted by Crippen LogP contribution is 2.34. The largest absolute Gasteiger partial charge is 0.493 e. The Morgan fingerprint density at radius 3 is 2.59 bits per heavy atom. The Kier molecular flexibility index (Phi) is 6.95. The van der Waals surface area contributed by atoms with Crippen LogP contribution in [0.15, 0.2) is 29.5 Å². The predicted octanol–water partition coefficient (Wildman–Crippen LogP) is 1.21. The fourth-order valence-electron chi connectivity index (χ4n) is 3.46. The SMILES string of the molecule is CCOC(=O)C1=C(CN2CCOCC2)NC(=O)N[C@@H]1c1ccc(OC)c(OC)c1. The third kappa shape index (κ3) is 4.80. The number of esters is 1. The van der Waals surface area contributed by atoms with E-state index in [1.165, 1.54) is 7.11 Å². The van der Waals surface area contributed by atoms with Crippen LogP contribution in [0.4, 0.5) is 4.79 Å². The molecule has 1 saturated heterocycles. The maximum Gasteiger partial charge on any atom is 0.338 e. The maximum absolute atomic E-state index is 12.8. The predicted molar refractivity (Wildman–Crippen MR) is 105 cm³/mol. The molecule has 2 N–H and O–H groups in total. The number of morpholine rings is 1. The fraction of sp³-hybridized carbons (Fsp3) is 0.500. The quantitative estimate of drug-likeness (QED) is 0.658. The highest BCUT2D eigenvalue weighted by Gasteiger charge is 2.35. The summed E-state index contributed by atoms with van der Waals surface area (Å²) in [4.78, 5) is 27.4. The Bertz CT molecular complexity index is 788. The van der Waals surface area contributed by atoms with Gasteiger partial charge < -0.3 is 29.6 Å². The van der Waals surface area contributed by atoms with Crippen LogP contribution in [0.3, 0.4) is 0 Å². The number of ether oxygens (including phenoxy) is 4. The summed E-state index contributed by atoms with van der Waals surface area (Å²) in [5.41, 5.74) is 1.61. The summed E-state index contributed by atoms with van der Waals surface area (Å²) in [5, 5.41) is 5.62. The molecule has 1 aromatic rings. The lowest BCUT2D eigenvalue weighted by Crippen LogP contribution is -2.49. The van der Waals surface area contributed by atoms with Crippen molar-refractivity contribution in [2.24, 2.45) is 0 Å². The molecule has 0 aromatic heterocycles. The van der Waals surface area contributed by atoms with E-state index in [1.807, 2.05) is 0 Å². The molecule has 158 valence electrons. The number of urea groups is 1. The number of benzene rings is 1. The van der Waals surface area contributed by atoms with Crippen molar-refractivity contribution in [3.63, 3.8) is 0 Å². The van der Waals surface area contributed by atoms with E-state index in [1.54, 1.807) is 32.2 Å². The average molecular weight is 405 g/mol. The van der Waals surface area contributed by atoms with E-state index in [-0.39, 0.29) is 12.6 Å². The van der Waals surface area contributed by atoms with Crippen LogP contribution in [0.25, 0.3) is 0 Å². The first-order chi connectivity index (χ1) is 14.1. The summed E-state index contributed by atoms with van der Waals surface area (Å²) in [6.45, 7) is 5.10. The van der Waals surface area contributed by atoms with Gasteiger partial charge in [0, 0.05) is 25.3 Å². The molecule has 2 amide bonds. The first kappa shape index (κ1) is 20.9. The molecule has 29 heavy (non-hydrogen) atoms. The smallest absolute Gasteiger partial charge is 0.338 e. The number of hydrogen-bond donors (Lipinski definition) is 2. The van der Waals surface area contributed by atoms with Gasteiger partial charge in [-0.1, -0.05) is 6.07 Å². The first-order valence-corrected chi connectivity index (χ1v) is 9.57. The zero-order chi connectivity index (χ0) is 20.8. The van der Waals surface area contributed by atoms with Gasteiger partial charge in [-0.25, -0.2) is 9.59 Å². The maximum atomic E-state index is 12.8. The third-order valence-corrected chi connectivity index (χ3v) is 4.88. The Labute approximate surface area is 169 Å². The molecular formula is C20H27N3O6. The number of rotatable bonds is 7. The minimum absolute atomic E-state index is 0.236. The van der Waals surface area contributed by atoms with Crippen LogP contribution in [0, 0.1) is 0 Å². The Morgan fingerprint density at radius 1 is 1.21 bits per heavy atom. The number of hydrogen-bond acceptors (Lipinski definition) is 7. The summed E-state index contributed by atoms with van der Waals surface area (Å²) in [6, 6.07) is 4.25. The van der Waals surface area contributed by atoms with Crippen molar-refractivity contribution in [3.05, 3.63) is 35.0 Å². The molecule has 1 fully saturated rings. The normalized spacial score (nSPS) is 20.0. The summed E-state index contributed by atoms with van der Waals surface area (Å²) < 4.78 is 21.4. The molecule has 0 radical (unpaired) electrons. The topological polar surface area (TPSA) is 98.4 Å². The summed E-state index contributed by atoms with van der Waals surface area (Å²) >= 11 is 0. The van der Waals surface area contributed by atoms with Gasteiger partial charge in [-0.2, -0.15) is 0 Å². The van der Waals surface area contributed by atoms with E-state index in [0.717, 1.165) is 13.1 Å². The number of carbonyl (C=O) groups excluding carboxylic acids is 2. The van der Waals surface area contributed by atoms with E-state index in [9.17, 15) is 9.59 Å². The van der Waals surface area contributed by atoms with Crippen molar-refractivity contribution >= 4 is 12.0 Å². The lowest BCUT2D eigenvalue weighted by Gasteiger charge is -2.33. The fourth-order valence-corrected chi connectivity index (χ4v) is 3.46. The summed E-state index contributed by atoms with van der Waals surface area (Å²) in [6.07, 6.45) is 0. The van der Waals surface area contributed by atoms with Crippen LogP contribution < -0.4 is 20.1 Å². The number of methoxy groups -OCH3 is 2. The lowest BCUT2D eigenvalue weighted by atomic mass is 9.94. The van der Waals surface area contributed by atoms with Crippen molar-refractivity contribution < 1.29 is 28.5 Å². The average Bonchev–Trinajstić information content (AvgIpc) is 2.73. The highest BCUT2D eigenvalue weighted by atomic mass is 16.5. The van der Waals surface area contributed by atoms with Crippen LogP contribution in [0.2, 0.25) is 0 Å². The van der Waals surface area contributed by atoms with Crippen molar-refractivity contribution in [2.45, 2.75) is 13.0 Å². The molecule has 0 aliphatic carbocycles. The molecular weight excluding hydrogens is 378 g/mol. The Hall–Kier alpha value is -2.78. The molecule has 1 atom stereocenters. The van der Waals surface area contributed by atoms with Crippen molar-refractivity contribution in [1.29, 1.82) is 0 Å². The van der Waals surface area contributed by atoms with Gasteiger partial charge in [-0.3, -0.25) is 4.90 Å². The molecule has 0 bridgehead atoms. The van der Waals surface area contributed by atoms with Crippen molar-refractivity contribution in [3.8, 4) is 11.5 Å². The van der Waals surface area contributed by atoms with E-state index in [0.29, 0.717) is 48.1 Å². The second-order valence-electron chi connectivity index (χ2n) is 6.65. The molecule has 2 heterocycles. The highest BCUT2D eigenvalue weighted by molar-refractivity contribution is 5.95. The van der Waals surface area contributed by atoms with Crippen LogP contribution >= 0.6 is 0 Å². The summed E-state index contributed by atoms with van der Waals surface area (Å²) in [7, 11) is 3.09. The minimum atomic E-state index is -0.668. The molecule has 9 nitrogen and oxygen atoms in total. The van der Waals surface area contributed by atoms with E-state index in [2.05, 4.69) is 15.5 Å². The van der Waals surface area contributed by atoms with Gasteiger partial charge in [0.15, 0.2) is 11.5 Å². The number of nitrogens with zero attached hydrogens (tertiary/aromatic N) is 1. The molecule has 2 aliphatic heterocycles. The van der Waals surface area contributed by atoms with Crippen LogP contribution in [0.5, 0.6) is 11.5 Å². The van der Waals surface area contributed by atoms with E-state index >= 15 is 0 Å². The van der Waals surface area contributed by atoms with Crippen LogP contribution in [-0.2, 0) is 14.3 Å². The van der Waals surface area contributed by atoms with Gasteiger partial charge >= 0.3 is 12.0 Å². The first-order valence-electron chi connectivity index (χ1n) is 9.57. The molecule has 2 aliphatic rings. The molecule has 3 rings (SSSR count). The molecule has 1 aromatic carbocycles. The van der Waals surface area contributed by atoms with Gasteiger partial charge in [0.25, 0.3) is 0 Å². The monoisotopic (exact) mass is 405 g/mol. The van der Waals surface area contributed by atoms with Crippen LogP contribution in [-0.4, -0.2) is 70.6 Å². The Morgan fingerprint density at radius 2 is 1.93 bits per heavy atom. The molecule has 0 saturated carbocycles. The van der Waals surface area contributed by atoms with Crippen LogP contribution in [0.1, 0.15) is 18.5 Å². The molecule has 9 heteroatoms. The van der Waals surface area contributed by atoms with Gasteiger partial charge in [0.05, 0.1) is 45.7 Å². The standard InChI is InChI=1S/C20H27N3O6/c1-4-29-19(24)17-14(12-23-7-9-28-10-8-23)21-20(25)22-18(17)13-5-6-15(26-2)16(11-13)27-3/h5-6,11,18H,4,7-10,12H2,1-3H3,(H2,21,22,25)/t18-/m1/s1. The van der Waals surface area contributed by atoms with Crippen molar-refractivity contribution in [2.75, 3.05) is 53.7 Å². The second-order valence-corrected chi connectivity index (χ2v) is 6.65. The number of amides is 2. The van der Waals surface area contributed by atoms with Gasteiger partial charge in [0.1, 0.15) is 0 Å². The van der Waals surface area contributed by atoms with E-state index < -0.39 is 12.0 Å². The number of nitrogens with one attached hydrogen (secondary N) is 2. The molecule has 0 unspecified atom stereocenters. The third-order valence-electron chi connectivity index (χ3n) is 4.88. The minimum Gasteiger partial charge on any atom is -0.493 e. The van der Waals surface area contributed by atoms with E-state index in [4.69, 9.17) is 18.9 Å². The van der Waals surface area contributed by atoms with Gasteiger partial charge in [0.2, 0.25) is 0 Å². The zero-order valence-electron chi connectivity index (χ0n) is 16.9. The number of carbonyl (C=O) groups is 2. The zero-order valence-corrected chi connectivity index (χ0v) is 16.9. The van der Waals surface area contributed by atoms with Gasteiger partial charge in [-0.15, -0.1) is 0 Å². The Balaban J connectivity index is 2.01. The van der Waals surface area contributed by atoms with Crippen molar-refractivity contribution in [1.82, 2.24) is 15.5 Å². The second kappa shape index (κ2) is 9.62.